The van der Waals surface area contributed by atoms with Crippen molar-refractivity contribution in [2.45, 2.75) is 6.54 Å². The van der Waals surface area contributed by atoms with Crippen molar-refractivity contribution in [2.75, 3.05) is 5.73 Å². The Hall–Kier alpha value is -2.37. The summed E-state index contributed by atoms with van der Waals surface area (Å²) in [6.07, 6.45) is 6.94. The van der Waals surface area contributed by atoms with Gasteiger partial charge in [-0.2, -0.15) is 5.10 Å². The quantitative estimate of drug-likeness (QED) is 0.703. The largest absolute Gasteiger partial charge is 0.396 e. The average Bonchev–Trinajstić information content (AvgIpc) is 2.86. The van der Waals surface area contributed by atoms with Crippen LogP contribution in [0.1, 0.15) is 5.82 Å². The van der Waals surface area contributed by atoms with E-state index in [4.69, 9.17) is 5.73 Å². The summed E-state index contributed by atoms with van der Waals surface area (Å²) in [5.74, 6) is 0.927. The maximum absolute atomic E-state index is 5.62. The number of pyridine rings is 1. The van der Waals surface area contributed by atoms with Crippen LogP contribution in [0.5, 0.6) is 0 Å². The van der Waals surface area contributed by atoms with E-state index in [1.165, 1.54) is 0 Å². The number of hydrogen-bond donors (Lipinski definition) is 1. The van der Waals surface area contributed by atoms with Crippen molar-refractivity contribution in [1.82, 2.24) is 24.3 Å². The lowest BCUT2D eigenvalue weighted by molar-refractivity contribution is 0.636. The fraction of sp³-hybridized carbons (Fsp3) is 0.182. The van der Waals surface area contributed by atoms with E-state index >= 15 is 0 Å². The highest BCUT2D eigenvalue weighted by atomic mass is 15.3. The summed E-state index contributed by atoms with van der Waals surface area (Å²) in [5.41, 5.74) is 8.24. The molecule has 2 N–H and O–H groups in total. The molecule has 0 bridgehead atoms. The van der Waals surface area contributed by atoms with Crippen molar-refractivity contribution in [2.24, 2.45) is 7.05 Å². The Morgan fingerprint density at radius 1 is 1.35 bits per heavy atom. The monoisotopic (exact) mass is 228 g/mol. The normalized spacial score (nSPS) is 11.1. The molecule has 3 aromatic heterocycles. The Labute approximate surface area is 97.7 Å². The van der Waals surface area contributed by atoms with Gasteiger partial charge in [-0.05, 0) is 6.07 Å². The molecule has 17 heavy (non-hydrogen) atoms. The van der Waals surface area contributed by atoms with Gasteiger partial charge >= 0.3 is 0 Å². The molecule has 0 saturated heterocycles. The number of imidazole rings is 1. The predicted molar refractivity (Wildman–Crippen MR) is 64.3 cm³/mol. The van der Waals surface area contributed by atoms with Gasteiger partial charge in [-0.1, -0.05) is 0 Å². The van der Waals surface area contributed by atoms with Crippen LogP contribution in [0.25, 0.3) is 11.0 Å². The summed E-state index contributed by atoms with van der Waals surface area (Å²) in [6.45, 7) is 0.600. The molecule has 3 rings (SSSR count). The summed E-state index contributed by atoms with van der Waals surface area (Å²) in [7, 11) is 1.98. The van der Waals surface area contributed by atoms with Crippen LogP contribution in [0.15, 0.2) is 30.9 Å². The van der Waals surface area contributed by atoms with Gasteiger partial charge < -0.3 is 10.3 Å². The Morgan fingerprint density at radius 3 is 2.94 bits per heavy atom. The van der Waals surface area contributed by atoms with Crippen molar-refractivity contribution in [3.05, 3.63) is 36.7 Å². The highest BCUT2D eigenvalue weighted by Gasteiger charge is 2.08. The van der Waals surface area contributed by atoms with Crippen LogP contribution in [0.3, 0.4) is 0 Å². The van der Waals surface area contributed by atoms with Crippen molar-refractivity contribution in [3.63, 3.8) is 0 Å². The third kappa shape index (κ3) is 1.63. The fourth-order valence-electron chi connectivity index (χ4n) is 1.85. The van der Waals surface area contributed by atoms with Crippen molar-refractivity contribution < 1.29 is 0 Å². The Bertz CT molecular complexity index is 665. The van der Waals surface area contributed by atoms with Gasteiger partial charge in [-0.25, -0.2) is 4.98 Å². The number of nitrogen functional groups attached to an aromatic ring is 1. The van der Waals surface area contributed by atoms with Crippen molar-refractivity contribution >= 4 is 16.7 Å². The van der Waals surface area contributed by atoms with Crippen molar-refractivity contribution in [1.29, 1.82) is 0 Å². The molecule has 0 amide bonds. The first-order chi connectivity index (χ1) is 8.24. The lowest BCUT2D eigenvalue weighted by atomic mass is 10.4. The van der Waals surface area contributed by atoms with Crippen LogP contribution in [0.2, 0.25) is 0 Å². The first-order valence-corrected chi connectivity index (χ1v) is 5.27. The van der Waals surface area contributed by atoms with Crippen LogP contribution in [-0.4, -0.2) is 24.3 Å². The van der Waals surface area contributed by atoms with Gasteiger partial charge in [0.15, 0.2) is 0 Å². The van der Waals surface area contributed by atoms with Gasteiger partial charge in [-0.15, -0.1) is 0 Å². The minimum Gasteiger partial charge on any atom is -0.396 e. The maximum Gasteiger partial charge on any atom is 0.131 e. The second kappa shape index (κ2) is 3.58. The number of aryl methyl sites for hydroxylation is 1. The number of rotatable bonds is 2. The minimum atomic E-state index is 0.600. The fourth-order valence-corrected chi connectivity index (χ4v) is 1.85. The molecule has 0 aliphatic carbocycles. The molecule has 3 heterocycles. The van der Waals surface area contributed by atoms with Crippen LogP contribution in [-0.2, 0) is 13.6 Å². The van der Waals surface area contributed by atoms with Gasteiger partial charge in [0.2, 0.25) is 0 Å². The van der Waals surface area contributed by atoms with Crippen LogP contribution < -0.4 is 5.73 Å². The second-order valence-electron chi connectivity index (χ2n) is 3.92. The molecule has 86 valence electrons. The highest BCUT2D eigenvalue weighted by Crippen LogP contribution is 2.13. The number of nitrogens with two attached hydrogens (primary N) is 1. The van der Waals surface area contributed by atoms with E-state index in [0.29, 0.717) is 12.2 Å². The molecule has 0 fully saturated rings. The lowest BCUT2D eigenvalue weighted by Gasteiger charge is -2.02. The van der Waals surface area contributed by atoms with Gasteiger partial charge in [-0.3, -0.25) is 9.67 Å². The summed E-state index contributed by atoms with van der Waals surface area (Å²) in [6, 6.07) is 1.95. The summed E-state index contributed by atoms with van der Waals surface area (Å²) >= 11 is 0. The van der Waals surface area contributed by atoms with Gasteiger partial charge in [0.05, 0.1) is 30.1 Å². The number of fused-ring (bicyclic) bond motifs is 1. The predicted octanol–water partition coefficient (Wildman–Crippen LogP) is 0.795. The first-order valence-electron chi connectivity index (χ1n) is 5.27. The average molecular weight is 228 g/mol. The summed E-state index contributed by atoms with van der Waals surface area (Å²) in [5, 5.41) is 4.15. The van der Waals surface area contributed by atoms with Crippen LogP contribution in [0.4, 0.5) is 5.69 Å². The lowest BCUT2D eigenvalue weighted by Crippen LogP contribution is -2.06. The highest BCUT2D eigenvalue weighted by molar-refractivity contribution is 5.74. The topological polar surface area (TPSA) is 74.5 Å². The van der Waals surface area contributed by atoms with Crippen LogP contribution in [0, 0.1) is 0 Å². The van der Waals surface area contributed by atoms with E-state index in [-0.39, 0.29) is 0 Å². The number of nitrogens with zero attached hydrogens (tertiary/aromatic N) is 5. The molecule has 0 saturated carbocycles. The minimum absolute atomic E-state index is 0.600. The van der Waals surface area contributed by atoms with E-state index in [1.807, 2.05) is 17.7 Å². The molecule has 0 atom stereocenters. The molecule has 6 heteroatoms. The Kier molecular flexibility index (Phi) is 2.07. The molecule has 6 nitrogen and oxygen atoms in total. The first kappa shape index (κ1) is 9.83. The zero-order valence-corrected chi connectivity index (χ0v) is 9.41. The maximum atomic E-state index is 5.62. The standard InChI is InChI=1S/C11H12N6/c1-16-10-2-3-13-5-9(10)15-11(16)7-17-6-8(12)4-14-17/h2-6H,7,12H2,1H3. The van der Waals surface area contributed by atoms with E-state index in [1.54, 1.807) is 29.5 Å². The van der Waals surface area contributed by atoms with Gasteiger partial charge in [0.25, 0.3) is 0 Å². The second-order valence-corrected chi connectivity index (χ2v) is 3.92. The van der Waals surface area contributed by atoms with E-state index in [0.717, 1.165) is 16.9 Å². The summed E-state index contributed by atoms with van der Waals surface area (Å²) < 4.78 is 3.80. The third-order valence-electron chi connectivity index (χ3n) is 2.73. The number of aromatic nitrogens is 5. The SMILES string of the molecule is Cn1c(Cn2cc(N)cn2)nc2cnccc21. The zero-order valence-electron chi connectivity index (χ0n) is 9.41. The van der Waals surface area contributed by atoms with Crippen LogP contribution >= 0.6 is 0 Å². The van der Waals surface area contributed by atoms with Gasteiger partial charge in [0.1, 0.15) is 11.3 Å². The Balaban J connectivity index is 2.03. The smallest absolute Gasteiger partial charge is 0.131 e. The molecule has 0 unspecified atom stereocenters. The molecule has 0 spiro atoms. The van der Waals surface area contributed by atoms with E-state index in [2.05, 4.69) is 15.1 Å². The van der Waals surface area contributed by atoms with Gasteiger partial charge in [0, 0.05) is 19.4 Å². The zero-order chi connectivity index (χ0) is 11.8. The van der Waals surface area contributed by atoms with E-state index < -0.39 is 0 Å². The third-order valence-corrected chi connectivity index (χ3v) is 2.73. The molecular weight excluding hydrogens is 216 g/mol. The van der Waals surface area contributed by atoms with E-state index in [9.17, 15) is 0 Å². The Morgan fingerprint density at radius 2 is 2.24 bits per heavy atom. The molecular formula is C11H12N6. The number of anilines is 1. The summed E-state index contributed by atoms with van der Waals surface area (Å²) in [4.78, 5) is 8.58. The molecule has 0 aliphatic heterocycles. The molecule has 0 aromatic carbocycles. The number of hydrogen-bond acceptors (Lipinski definition) is 4. The molecule has 0 aliphatic rings. The van der Waals surface area contributed by atoms with Crippen molar-refractivity contribution in [3.8, 4) is 0 Å². The molecule has 3 aromatic rings. The molecule has 0 radical (unpaired) electrons.